The van der Waals surface area contributed by atoms with Crippen molar-refractivity contribution in [2.45, 2.75) is 19.1 Å². The van der Waals surface area contributed by atoms with Crippen molar-refractivity contribution in [2.75, 3.05) is 18.0 Å². The van der Waals surface area contributed by atoms with E-state index in [1.54, 1.807) is 0 Å². The Morgan fingerprint density at radius 1 is 1.45 bits per heavy atom. The second-order valence-corrected chi connectivity index (χ2v) is 5.67. The van der Waals surface area contributed by atoms with Gasteiger partial charge in [-0.2, -0.15) is 5.10 Å². The number of hydrogen-bond donors (Lipinski definition) is 1. The number of aliphatic hydroxyl groups is 1. The number of benzene rings is 1. The van der Waals surface area contributed by atoms with Gasteiger partial charge in [0.25, 0.3) is 0 Å². The second kappa shape index (κ2) is 5.94. The number of anilines is 1. The maximum atomic E-state index is 10.6. The standard InChI is InChI=1S/C14H15ClN4O3/c15-13-2-1-3-14-12(13)4-5-17(14)8-11(20)9-18-7-10(6-16-18)19(21)22/h1-3,6-7,11,20H,4-5,8-9H2. The molecule has 1 aliphatic rings. The van der Waals surface area contributed by atoms with Crippen molar-refractivity contribution in [3.8, 4) is 0 Å². The van der Waals surface area contributed by atoms with Gasteiger partial charge in [-0.1, -0.05) is 17.7 Å². The molecule has 0 radical (unpaired) electrons. The number of rotatable bonds is 5. The number of nitrogens with zero attached hydrogens (tertiary/aromatic N) is 4. The summed E-state index contributed by atoms with van der Waals surface area (Å²) < 4.78 is 1.39. The lowest BCUT2D eigenvalue weighted by molar-refractivity contribution is -0.385. The molecular formula is C14H15ClN4O3. The molecule has 1 aromatic heterocycles. The summed E-state index contributed by atoms with van der Waals surface area (Å²) in [6.45, 7) is 1.44. The molecule has 1 N–H and O–H groups in total. The van der Waals surface area contributed by atoms with E-state index in [4.69, 9.17) is 11.6 Å². The van der Waals surface area contributed by atoms with E-state index in [9.17, 15) is 15.2 Å². The van der Waals surface area contributed by atoms with Crippen LogP contribution in [0.1, 0.15) is 5.56 Å². The topological polar surface area (TPSA) is 84.4 Å². The van der Waals surface area contributed by atoms with Crippen molar-refractivity contribution in [3.05, 3.63) is 51.3 Å². The monoisotopic (exact) mass is 322 g/mol. The molecule has 0 fully saturated rings. The van der Waals surface area contributed by atoms with Crippen LogP contribution in [-0.2, 0) is 13.0 Å². The molecule has 0 amide bonds. The fourth-order valence-corrected chi connectivity index (χ4v) is 2.99. The highest BCUT2D eigenvalue weighted by Gasteiger charge is 2.23. The van der Waals surface area contributed by atoms with Crippen molar-refractivity contribution in [3.63, 3.8) is 0 Å². The van der Waals surface area contributed by atoms with Gasteiger partial charge in [0.2, 0.25) is 0 Å². The molecule has 2 heterocycles. The Hall–Kier alpha value is -2.12. The average Bonchev–Trinajstić information content (AvgIpc) is 3.07. The minimum absolute atomic E-state index is 0.0782. The molecule has 7 nitrogen and oxygen atoms in total. The Kier molecular flexibility index (Phi) is 4.00. The van der Waals surface area contributed by atoms with Gasteiger partial charge in [-0.25, -0.2) is 0 Å². The van der Waals surface area contributed by atoms with Gasteiger partial charge < -0.3 is 10.0 Å². The van der Waals surface area contributed by atoms with Crippen LogP contribution in [0.15, 0.2) is 30.6 Å². The predicted molar refractivity (Wildman–Crippen MR) is 82.3 cm³/mol. The van der Waals surface area contributed by atoms with Crippen LogP contribution in [0.4, 0.5) is 11.4 Å². The summed E-state index contributed by atoms with van der Waals surface area (Å²) in [6.07, 6.45) is 2.68. The van der Waals surface area contributed by atoms with E-state index in [2.05, 4.69) is 10.00 Å². The van der Waals surface area contributed by atoms with Crippen LogP contribution >= 0.6 is 11.6 Å². The molecule has 0 bridgehead atoms. The van der Waals surface area contributed by atoms with E-state index in [1.807, 2.05) is 18.2 Å². The molecule has 0 saturated carbocycles. The molecule has 0 saturated heterocycles. The zero-order chi connectivity index (χ0) is 15.7. The van der Waals surface area contributed by atoms with E-state index in [0.717, 1.165) is 29.2 Å². The molecule has 0 spiro atoms. The van der Waals surface area contributed by atoms with E-state index in [0.29, 0.717) is 6.54 Å². The fraction of sp³-hybridized carbons (Fsp3) is 0.357. The van der Waals surface area contributed by atoms with Gasteiger partial charge >= 0.3 is 5.69 Å². The first-order valence-electron chi connectivity index (χ1n) is 6.92. The molecule has 0 aliphatic carbocycles. The lowest BCUT2D eigenvalue weighted by Crippen LogP contribution is -2.33. The lowest BCUT2D eigenvalue weighted by atomic mass is 10.2. The highest BCUT2D eigenvalue weighted by molar-refractivity contribution is 6.31. The Bertz CT molecular complexity index is 703. The summed E-state index contributed by atoms with van der Waals surface area (Å²) in [7, 11) is 0. The van der Waals surface area contributed by atoms with Crippen molar-refractivity contribution in [1.29, 1.82) is 0 Å². The molecule has 1 aliphatic heterocycles. The van der Waals surface area contributed by atoms with Crippen molar-refractivity contribution < 1.29 is 10.0 Å². The molecule has 3 rings (SSSR count). The molecule has 22 heavy (non-hydrogen) atoms. The first kappa shape index (κ1) is 14.8. The van der Waals surface area contributed by atoms with Crippen molar-refractivity contribution >= 4 is 23.0 Å². The summed E-state index contributed by atoms with van der Waals surface area (Å²) in [6, 6.07) is 5.74. The summed E-state index contributed by atoms with van der Waals surface area (Å²) >= 11 is 6.17. The van der Waals surface area contributed by atoms with Crippen LogP contribution in [0.2, 0.25) is 5.02 Å². The van der Waals surface area contributed by atoms with Crippen LogP contribution in [0.3, 0.4) is 0 Å². The van der Waals surface area contributed by atoms with E-state index in [-0.39, 0.29) is 12.2 Å². The molecule has 116 valence electrons. The zero-order valence-electron chi connectivity index (χ0n) is 11.7. The lowest BCUT2D eigenvalue weighted by Gasteiger charge is -2.23. The van der Waals surface area contributed by atoms with Crippen LogP contribution in [0.25, 0.3) is 0 Å². The maximum absolute atomic E-state index is 10.6. The third-order valence-electron chi connectivity index (χ3n) is 3.73. The van der Waals surface area contributed by atoms with Crippen molar-refractivity contribution in [2.24, 2.45) is 0 Å². The Labute approximate surface area is 131 Å². The summed E-state index contributed by atoms with van der Waals surface area (Å²) in [5.41, 5.74) is 2.06. The SMILES string of the molecule is O=[N+]([O-])c1cnn(CC(O)CN2CCc3c(Cl)cccc32)c1. The highest BCUT2D eigenvalue weighted by Crippen LogP contribution is 2.33. The first-order valence-corrected chi connectivity index (χ1v) is 7.29. The molecule has 2 aromatic rings. The third-order valence-corrected chi connectivity index (χ3v) is 4.08. The molecular weight excluding hydrogens is 308 g/mol. The number of hydrogen-bond acceptors (Lipinski definition) is 5. The highest BCUT2D eigenvalue weighted by atomic mass is 35.5. The summed E-state index contributed by atoms with van der Waals surface area (Å²) in [5.74, 6) is 0. The van der Waals surface area contributed by atoms with Crippen LogP contribution in [0.5, 0.6) is 0 Å². The van der Waals surface area contributed by atoms with Crippen LogP contribution < -0.4 is 4.90 Å². The fourth-order valence-electron chi connectivity index (χ4n) is 2.72. The normalized spacial score (nSPS) is 14.9. The van der Waals surface area contributed by atoms with E-state index >= 15 is 0 Å². The zero-order valence-corrected chi connectivity index (χ0v) is 12.5. The van der Waals surface area contributed by atoms with Gasteiger partial charge in [-0.05, 0) is 24.1 Å². The second-order valence-electron chi connectivity index (χ2n) is 5.27. The smallest absolute Gasteiger partial charge is 0.306 e. The largest absolute Gasteiger partial charge is 0.389 e. The van der Waals surface area contributed by atoms with E-state index in [1.165, 1.54) is 17.1 Å². The predicted octanol–water partition coefficient (Wildman–Crippen LogP) is 1.87. The number of fused-ring (bicyclic) bond motifs is 1. The van der Waals surface area contributed by atoms with Gasteiger partial charge in [-0.15, -0.1) is 0 Å². The Balaban J connectivity index is 1.64. The van der Waals surface area contributed by atoms with E-state index < -0.39 is 11.0 Å². The van der Waals surface area contributed by atoms with Crippen molar-refractivity contribution in [1.82, 2.24) is 9.78 Å². The van der Waals surface area contributed by atoms with Gasteiger partial charge in [0, 0.05) is 23.8 Å². The minimum Gasteiger partial charge on any atom is -0.389 e. The van der Waals surface area contributed by atoms with Gasteiger partial charge in [-0.3, -0.25) is 14.8 Å². The average molecular weight is 323 g/mol. The number of aliphatic hydroxyl groups excluding tert-OH is 1. The summed E-state index contributed by atoms with van der Waals surface area (Å²) in [5, 5.41) is 25.5. The van der Waals surface area contributed by atoms with Gasteiger partial charge in [0.05, 0.1) is 17.6 Å². The number of nitro groups is 1. The number of halogens is 1. The maximum Gasteiger partial charge on any atom is 0.306 e. The van der Waals surface area contributed by atoms with Crippen LogP contribution in [0, 0.1) is 10.1 Å². The third kappa shape index (κ3) is 2.90. The minimum atomic E-state index is -0.676. The Morgan fingerprint density at radius 2 is 2.27 bits per heavy atom. The quantitative estimate of drug-likeness (QED) is 0.671. The van der Waals surface area contributed by atoms with Crippen LogP contribution in [-0.4, -0.2) is 39.0 Å². The first-order chi connectivity index (χ1) is 10.5. The van der Waals surface area contributed by atoms with Gasteiger partial charge in [0.15, 0.2) is 0 Å². The molecule has 1 unspecified atom stereocenters. The Morgan fingerprint density at radius 3 is 3.00 bits per heavy atom. The number of aromatic nitrogens is 2. The molecule has 1 atom stereocenters. The number of β-amino-alcohol motifs (C(OH)–C–C–N with tert-alkyl or cyclic N) is 1. The summed E-state index contributed by atoms with van der Waals surface area (Å²) in [4.78, 5) is 12.2. The molecule has 8 heteroatoms. The molecule has 1 aromatic carbocycles. The van der Waals surface area contributed by atoms with Gasteiger partial charge in [0.1, 0.15) is 12.4 Å².